The summed E-state index contributed by atoms with van der Waals surface area (Å²) in [4.78, 5) is 12.3. The molecule has 0 spiro atoms. The Morgan fingerprint density at radius 2 is 2.13 bits per heavy atom. The van der Waals surface area contributed by atoms with Crippen LogP contribution in [0.1, 0.15) is 32.3 Å². The molecule has 1 atom stereocenters. The van der Waals surface area contributed by atoms with Gasteiger partial charge in [-0.25, -0.2) is 0 Å². The summed E-state index contributed by atoms with van der Waals surface area (Å²) in [6, 6.07) is 5.99. The molecule has 1 aromatic carbocycles. The summed E-state index contributed by atoms with van der Waals surface area (Å²) in [6.07, 6.45) is 2.05. The molecule has 5 nitrogen and oxygen atoms in total. The van der Waals surface area contributed by atoms with Crippen LogP contribution in [-0.2, 0) is 10.2 Å². The number of hydrogen-bond donors (Lipinski definition) is 2. The lowest BCUT2D eigenvalue weighted by atomic mass is 9.84. The first-order valence-electron chi connectivity index (χ1n) is 7.95. The molecule has 1 unspecified atom stereocenters. The number of amides is 1. The molecule has 2 heterocycles. The van der Waals surface area contributed by atoms with Crippen LogP contribution in [0.3, 0.4) is 0 Å². The third-order valence-corrected chi connectivity index (χ3v) is 4.53. The van der Waals surface area contributed by atoms with Gasteiger partial charge in [0.25, 0.3) is 0 Å². The predicted octanol–water partition coefficient (Wildman–Crippen LogP) is 2.23. The quantitative estimate of drug-likeness (QED) is 0.882. The number of hydrogen-bond acceptors (Lipinski definition) is 4. The molecule has 2 N–H and O–H groups in total. The van der Waals surface area contributed by atoms with Crippen molar-refractivity contribution in [1.82, 2.24) is 10.6 Å². The highest BCUT2D eigenvalue weighted by molar-refractivity contribution is 5.85. The SMILES string of the molecule is CC(C)(CNC(=O)C1CCCNC1)c1ccc2c(c1)OCO2.Cl. The molecule has 0 aliphatic carbocycles. The third-order valence-electron chi connectivity index (χ3n) is 4.53. The molecule has 1 aromatic rings. The molecule has 0 bridgehead atoms. The van der Waals surface area contributed by atoms with E-state index in [0.29, 0.717) is 6.54 Å². The van der Waals surface area contributed by atoms with E-state index in [4.69, 9.17) is 9.47 Å². The van der Waals surface area contributed by atoms with E-state index in [1.54, 1.807) is 0 Å². The Hall–Kier alpha value is -1.46. The number of ether oxygens (including phenoxy) is 2. The van der Waals surface area contributed by atoms with Crippen LogP contribution >= 0.6 is 12.4 Å². The summed E-state index contributed by atoms with van der Waals surface area (Å²) in [5.74, 6) is 1.83. The molecule has 1 amide bonds. The van der Waals surface area contributed by atoms with Crippen molar-refractivity contribution in [2.45, 2.75) is 32.1 Å². The van der Waals surface area contributed by atoms with E-state index < -0.39 is 0 Å². The number of carbonyl (C=O) groups excluding carboxylic acids is 1. The number of fused-ring (bicyclic) bond motifs is 1. The van der Waals surface area contributed by atoms with Gasteiger partial charge in [-0.1, -0.05) is 19.9 Å². The van der Waals surface area contributed by atoms with Crippen molar-refractivity contribution >= 4 is 18.3 Å². The first kappa shape index (κ1) is 17.9. The van der Waals surface area contributed by atoms with Crippen molar-refractivity contribution in [1.29, 1.82) is 0 Å². The van der Waals surface area contributed by atoms with Crippen molar-refractivity contribution < 1.29 is 14.3 Å². The summed E-state index contributed by atoms with van der Waals surface area (Å²) in [6.45, 7) is 6.96. The number of nitrogens with one attached hydrogen (secondary N) is 2. The molecule has 0 radical (unpaired) electrons. The highest BCUT2D eigenvalue weighted by Crippen LogP contribution is 2.36. The number of benzene rings is 1. The van der Waals surface area contributed by atoms with Crippen LogP contribution in [0.4, 0.5) is 0 Å². The lowest BCUT2D eigenvalue weighted by molar-refractivity contribution is -0.125. The van der Waals surface area contributed by atoms with E-state index in [0.717, 1.165) is 43.0 Å². The van der Waals surface area contributed by atoms with Crippen molar-refractivity contribution in [3.8, 4) is 11.5 Å². The van der Waals surface area contributed by atoms with E-state index in [1.807, 2.05) is 18.2 Å². The normalized spacial score (nSPS) is 19.8. The van der Waals surface area contributed by atoms with Gasteiger partial charge in [-0.3, -0.25) is 4.79 Å². The molecule has 0 saturated carbocycles. The van der Waals surface area contributed by atoms with Crippen LogP contribution in [0.25, 0.3) is 0 Å². The maximum absolute atomic E-state index is 12.3. The van der Waals surface area contributed by atoms with Gasteiger partial charge in [-0.05, 0) is 37.1 Å². The zero-order valence-electron chi connectivity index (χ0n) is 13.7. The molecular formula is C17H25ClN2O3. The van der Waals surface area contributed by atoms with Gasteiger partial charge in [0.1, 0.15) is 0 Å². The van der Waals surface area contributed by atoms with Gasteiger partial charge in [-0.15, -0.1) is 12.4 Å². The number of rotatable bonds is 4. The van der Waals surface area contributed by atoms with Gasteiger partial charge >= 0.3 is 0 Å². The number of halogens is 1. The summed E-state index contributed by atoms with van der Waals surface area (Å²) in [5, 5.41) is 6.39. The van der Waals surface area contributed by atoms with E-state index in [1.165, 1.54) is 0 Å². The lowest BCUT2D eigenvalue weighted by Gasteiger charge is -2.28. The molecule has 23 heavy (non-hydrogen) atoms. The molecule has 6 heteroatoms. The van der Waals surface area contributed by atoms with E-state index in [9.17, 15) is 4.79 Å². The fourth-order valence-corrected chi connectivity index (χ4v) is 2.95. The Morgan fingerprint density at radius 3 is 2.87 bits per heavy atom. The Bertz CT molecular complexity index is 557. The fraction of sp³-hybridized carbons (Fsp3) is 0.588. The van der Waals surface area contributed by atoms with E-state index in [2.05, 4.69) is 24.5 Å². The molecule has 128 valence electrons. The minimum absolute atomic E-state index is 0. The minimum atomic E-state index is -0.154. The first-order valence-corrected chi connectivity index (χ1v) is 7.95. The zero-order valence-corrected chi connectivity index (χ0v) is 14.5. The second-order valence-electron chi connectivity index (χ2n) is 6.71. The standard InChI is InChI=1S/C17H24N2O3.ClH/c1-17(2,10-19-16(20)12-4-3-7-18-9-12)13-5-6-14-15(8-13)22-11-21-14;/h5-6,8,12,18H,3-4,7,9-11H2,1-2H3,(H,19,20);1H. The van der Waals surface area contributed by atoms with Crippen molar-refractivity contribution in [3.05, 3.63) is 23.8 Å². The Kier molecular flexibility index (Phi) is 5.76. The third kappa shape index (κ3) is 4.09. The fourth-order valence-electron chi connectivity index (χ4n) is 2.95. The smallest absolute Gasteiger partial charge is 0.231 e. The van der Waals surface area contributed by atoms with Crippen molar-refractivity contribution in [2.75, 3.05) is 26.4 Å². The van der Waals surface area contributed by atoms with Crippen LogP contribution < -0.4 is 20.1 Å². The molecule has 3 rings (SSSR count). The highest BCUT2D eigenvalue weighted by atomic mass is 35.5. The highest BCUT2D eigenvalue weighted by Gasteiger charge is 2.27. The monoisotopic (exact) mass is 340 g/mol. The summed E-state index contributed by atoms with van der Waals surface area (Å²) in [5.41, 5.74) is 0.984. The van der Waals surface area contributed by atoms with Crippen LogP contribution in [0.2, 0.25) is 0 Å². The topological polar surface area (TPSA) is 59.6 Å². The minimum Gasteiger partial charge on any atom is -0.454 e. The van der Waals surface area contributed by atoms with Crippen LogP contribution in [0, 0.1) is 5.92 Å². The lowest BCUT2D eigenvalue weighted by Crippen LogP contribution is -2.44. The summed E-state index contributed by atoms with van der Waals surface area (Å²) < 4.78 is 10.8. The molecule has 2 aliphatic rings. The first-order chi connectivity index (χ1) is 10.6. The van der Waals surface area contributed by atoms with Crippen LogP contribution in [-0.4, -0.2) is 32.3 Å². The van der Waals surface area contributed by atoms with Crippen LogP contribution in [0.5, 0.6) is 11.5 Å². The Morgan fingerprint density at radius 1 is 1.35 bits per heavy atom. The van der Waals surface area contributed by atoms with Gasteiger partial charge in [-0.2, -0.15) is 0 Å². The molecule has 0 aromatic heterocycles. The van der Waals surface area contributed by atoms with Gasteiger partial charge < -0.3 is 20.1 Å². The Balaban J connectivity index is 0.00000192. The van der Waals surface area contributed by atoms with E-state index >= 15 is 0 Å². The second kappa shape index (κ2) is 7.41. The van der Waals surface area contributed by atoms with Crippen LogP contribution in [0.15, 0.2) is 18.2 Å². The van der Waals surface area contributed by atoms with Gasteiger partial charge in [0.15, 0.2) is 11.5 Å². The molecule has 1 saturated heterocycles. The van der Waals surface area contributed by atoms with Gasteiger partial charge in [0.2, 0.25) is 12.7 Å². The molecule has 1 fully saturated rings. The Labute approximate surface area is 143 Å². The predicted molar refractivity (Wildman–Crippen MR) is 91.4 cm³/mol. The summed E-state index contributed by atoms with van der Waals surface area (Å²) in [7, 11) is 0. The van der Waals surface area contributed by atoms with Gasteiger partial charge in [0.05, 0.1) is 5.92 Å². The van der Waals surface area contributed by atoms with E-state index in [-0.39, 0.29) is 36.4 Å². The molecule has 2 aliphatic heterocycles. The average Bonchev–Trinajstić information content (AvgIpc) is 3.01. The maximum Gasteiger partial charge on any atom is 0.231 e. The second-order valence-corrected chi connectivity index (χ2v) is 6.71. The van der Waals surface area contributed by atoms with Crippen molar-refractivity contribution in [3.63, 3.8) is 0 Å². The number of carbonyl (C=O) groups is 1. The molecular weight excluding hydrogens is 316 g/mol. The van der Waals surface area contributed by atoms with Crippen molar-refractivity contribution in [2.24, 2.45) is 5.92 Å². The average molecular weight is 341 g/mol. The number of piperidine rings is 1. The summed E-state index contributed by atoms with van der Waals surface area (Å²) >= 11 is 0. The van der Waals surface area contributed by atoms with Gasteiger partial charge in [0, 0.05) is 18.5 Å². The maximum atomic E-state index is 12.3. The largest absolute Gasteiger partial charge is 0.454 e. The zero-order chi connectivity index (χ0) is 15.6.